The number of methoxy groups -OCH3 is 1. The Morgan fingerprint density at radius 1 is 1.02 bits per heavy atom. The zero-order valence-corrected chi connectivity index (χ0v) is 25.9. The predicted molar refractivity (Wildman–Crippen MR) is 168 cm³/mol. The third-order valence-electron chi connectivity index (χ3n) is 7.29. The summed E-state index contributed by atoms with van der Waals surface area (Å²) in [5.41, 5.74) is 1.88. The highest BCUT2D eigenvalue weighted by atomic mass is 32.2. The van der Waals surface area contributed by atoms with Crippen LogP contribution in [0.5, 0.6) is 0 Å². The van der Waals surface area contributed by atoms with Crippen LogP contribution in [-0.2, 0) is 35.6 Å². The Kier molecular flexibility index (Phi) is 10.6. The summed E-state index contributed by atoms with van der Waals surface area (Å²) in [6.45, 7) is 1.16. The van der Waals surface area contributed by atoms with Crippen molar-refractivity contribution in [3.63, 3.8) is 0 Å². The monoisotopic (exact) mass is 625 g/mol. The summed E-state index contributed by atoms with van der Waals surface area (Å²) in [4.78, 5) is 50.9. The van der Waals surface area contributed by atoms with Gasteiger partial charge in [-0.3, -0.25) is 14.4 Å². The van der Waals surface area contributed by atoms with E-state index in [2.05, 4.69) is 10.1 Å². The van der Waals surface area contributed by atoms with Crippen LogP contribution in [0.2, 0.25) is 0 Å². The molecule has 1 fully saturated rings. The molecule has 4 rings (SSSR count). The number of thioether (sulfide) groups is 1. The van der Waals surface area contributed by atoms with E-state index < -0.39 is 27.9 Å². The van der Waals surface area contributed by atoms with Crippen LogP contribution in [-0.4, -0.2) is 91.2 Å². The molecule has 0 bridgehead atoms. The van der Waals surface area contributed by atoms with Gasteiger partial charge < -0.3 is 15.0 Å². The van der Waals surface area contributed by atoms with Crippen LogP contribution in [0, 0.1) is 0 Å². The van der Waals surface area contributed by atoms with Crippen molar-refractivity contribution in [2.45, 2.75) is 31.1 Å². The van der Waals surface area contributed by atoms with Gasteiger partial charge in [-0.15, -0.1) is 0 Å². The number of ether oxygens (including phenoxy) is 1. The van der Waals surface area contributed by atoms with Gasteiger partial charge in [-0.25, -0.2) is 13.2 Å². The van der Waals surface area contributed by atoms with Gasteiger partial charge in [0.1, 0.15) is 6.04 Å². The highest BCUT2D eigenvalue weighted by molar-refractivity contribution is 8.14. The van der Waals surface area contributed by atoms with Crippen LogP contribution in [0.1, 0.15) is 29.3 Å². The van der Waals surface area contributed by atoms with E-state index in [0.29, 0.717) is 11.3 Å². The molecule has 1 aliphatic rings. The minimum atomic E-state index is -3.88. The number of Topliss-reactive ketones (excluding diaryl/α,β-unsaturated/α-hetero) is 1. The van der Waals surface area contributed by atoms with E-state index in [1.165, 1.54) is 30.3 Å². The van der Waals surface area contributed by atoms with Gasteiger partial charge in [0, 0.05) is 31.5 Å². The first-order chi connectivity index (χ1) is 20.5. The fourth-order valence-corrected chi connectivity index (χ4v) is 7.94. The number of benzene rings is 3. The SMILES string of the molecule is COC(=O)c1ccc(NCC(=O)CN(C)C(=O)C2CC(SC(C)=O)CN2S(=O)(=O)CCc2cccc3ccccc23)cc1. The van der Waals surface area contributed by atoms with Crippen LogP contribution in [0.4, 0.5) is 5.69 Å². The number of likely N-dealkylation sites (N-methyl/N-ethyl adjacent to an activating group) is 1. The number of sulfonamides is 1. The van der Waals surface area contributed by atoms with Gasteiger partial charge in [0.25, 0.3) is 0 Å². The van der Waals surface area contributed by atoms with E-state index in [-0.39, 0.29) is 54.4 Å². The molecule has 43 heavy (non-hydrogen) atoms. The van der Waals surface area contributed by atoms with Gasteiger partial charge in [0.15, 0.2) is 10.9 Å². The van der Waals surface area contributed by atoms with Crippen molar-refractivity contribution >= 4 is 61.0 Å². The first-order valence-electron chi connectivity index (χ1n) is 13.8. The van der Waals surface area contributed by atoms with E-state index in [9.17, 15) is 27.6 Å². The topological polar surface area (TPSA) is 130 Å². The second-order valence-corrected chi connectivity index (χ2v) is 13.9. The second-order valence-electron chi connectivity index (χ2n) is 10.4. The summed E-state index contributed by atoms with van der Waals surface area (Å²) < 4.78 is 33.2. The standard InChI is InChI=1S/C31H35N3O7S2/c1-21(35)42-27-17-29(30(37)33(2)19-26(36)18-32-25-13-11-24(12-14-25)31(38)41-3)34(20-27)43(39,40)16-15-23-9-6-8-22-7-4-5-10-28(22)23/h4-14,27,29,32H,15-20H2,1-3H3. The van der Waals surface area contributed by atoms with Crippen LogP contribution in [0.25, 0.3) is 10.8 Å². The first kappa shape index (κ1) is 32.2. The Bertz CT molecular complexity index is 1600. The minimum Gasteiger partial charge on any atom is -0.465 e. The lowest BCUT2D eigenvalue weighted by Gasteiger charge is -2.27. The molecule has 1 aliphatic heterocycles. The van der Waals surface area contributed by atoms with E-state index in [4.69, 9.17) is 0 Å². The van der Waals surface area contributed by atoms with Crippen LogP contribution in [0.15, 0.2) is 66.7 Å². The number of hydrogen-bond acceptors (Lipinski definition) is 9. The van der Waals surface area contributed by atoms with Crippen LogP contribution >= 0.6 is 11.8 Å². The molecule has 0 aromatic heterocycles. The molecule has 2 unspecified atom stereocenters. The first-order valence-corrected chi connectivity index (χ1v) is 16.3. The van der Waals surface area contributed by atoms with Gasteiger partial charge >= 0.3 is 5.97 Å². The maximum absolute atomic E-state index is 13.6. The molecular formula is C31H35N3O7S2. The maximum atomic E-state index is 13.6. The van der Waals surface area contributed by atoms with Crippen molar-refractivity contribution in [2.75, 3.05) is 44.9 Å². The van der Waals surface area contributed by atoms with Crippen molar-refractivity contribution in [2.24, 2.45) is 0 Å². The molecule has 3 aromatic carbocycles. The third-order valence-corrected chi connectivity index (χ3v) is 10.1. The highest BCUT2D eigenvalue weighted by Gasteiger charge is 2.44. The molecule has 12 heteroatoms. The lowest BCUT2D eigenvalue weighted by molar-refractivity contribution is -0.136. The second kappa shape index (κ2) is 14.2. The number of hydrogen-bond donors (Lipinski definition) is 1. The quantitative estimate of drug-likeness (QED) is 0.301. The largest absolute Gasteiger partial charge is 0.465 e. The van der Waals surface area contributed by atoms with Crippen molar-refractivity contribution in [1.29, 1.82) is 0 Å². The normalized spacial score (nSPS) is 17.0. The number of anilines is 1. The number of nitrogens with one attached hydrogen (secondary N) is 1. The number of esters is 1. The lowest BCUT2D eigenvalue weighted by atomic mass is 10.0. The summed E-state index contributed by atoms with van der Waals surface area (Å²) in [6, 6.07) is 18.9. The highest BCUT2D eigenvalue weighted by Crippen LogP contribution is 2.32. The summed E-state index contributed by atoms with van der Waals surface area (Å²) in [5.74, 6) is -1.44. The molecule has 228 valence electrons. The number of carbonyl (C=O) groups is 4. The number of fused-ring (bicyclic) bond motifs is 1. The average Bonchev–Trinajstić information content (AvgIpc) is 3.42. The van der Waals surface area contributed by atoms with Gasteiger partial charge in [0.2, 0.25) is 15.9 Å². The van der Waals surface area contributed by atoms with E-state index in [1.807, 2.05) is 42.5 Å². The molecule has 0 saturated carbocycles. The maximum Gasteiger partial charge on any atom is 0.337 e. The Morgan fingerprint density at radius 3 is 2.42 bits per heavy atom. The molecular weight excluding hydrogens is 590 g/mol. The number of amides is 1. The van der Waals surface area contributed by atoms with Crippen LogP contribution < -0.4 is 5.32 Å². The van der Waals surface area contributed by atoms with E-state index in [1.54, 1.807) is 24.3 Å². The summed E-state index contributed by atoms with van der Waals surface area (Å²) in [5, 5.41) is 4.44. The molecule has 0 aliphatic carbocycles. The van der Waals surface area contributed by atoms with Crippen molar-refractivity contribution < 1.29 is 32.3 Å². The third kappa shape index (κ3) is 8.21. The van der Waals surface area contributed by atoms with Crippen LogP contribution in [0.3, 0.4) is 0 Å². The Morgan fingerprint density at radius 2 is 1.72 bits per heavy atom. The number of rotatable bonds is 12. The summed E-state index contributed by atoms with van der Waals surface area (Å²) >= 11 is 1.03. The van der Waals surface area contributed by atoms with Gasteiger partial charge in [-0.1, -0.05) is 54.2 Å². The fraction of sp³-hybridized carbons (Fsp3) is 0.355. The fourth-order valence-electron chi connectivity index (χ4n) is 5.18. The molecule has 10 nitrogen and oxygen atoms in total. The predicted octanol–water partition coefficient (Wildman–Crippen LogP) is 3.36. The number of aryl methyl sites for hydroxylation is 1. The molecule has 3 aromatic rings. The number of carbonyl (C=O) groups excluding carboxylic acids is 4. The Labute approximate surface area is 255 Å². The summed E-state index contributed by atoms with van der Waals surface area (Å²) in [6.07, 6.45) is 0.451. The molecule has 0 radical (unpaired) electrons. The van der Waals surface area contributed by atoms with Gasteiger partial charge in [-0.05, 0) is 53.4 Å². The van der Waals surface area contributed by atoms with Crippen molar-refractivity contribution in [1.82, 2.24) is 9.21 Å². The van der Waals surface area contributed by atoms with E-state index >= 15 is 0 Å². The van der Waals surface area contributed by atoms with Crippen molar-refractivity contribution in [3.8, 4) is 0 Å². The van der Waals surface area contributed by atoms with E-state index in [0.717, 1.165) is 28.1 Å². The van der Waals surface area contributed by atoms with Crippen molar-refractivity contribution in [3.05, 3.63) is 77.9 Å². The summed E-state index contributed by atoms with van der Waals surface area (Å²) in [7, 11) is -1.12. The molecule has 1 N–H and O–H groups in total. The average molecular weight is 626 g/mol. The van der Waals surface area contributed by atoms with Gasteiger partial charge in [0.05, 0.1) is 31.5 Å². The van der Waals surface area contributed by atoms with Gasteiger partial charge in [-0.2, -0.15) is 4.31 Å². The smallest absolute Gasteiger partial charge is 0.337 e. The minimum absolute atomic E-state index is 0.0451. The number of ketones is 1. The Hall–Kier alpha value is -3.74. The zero-order valence-electron chi connectivity index (χ0n) is 24.3. The molecule has 1 saturated heterocycles. The lowest BCUT2D eigenvalue weighted by Crippen LogP contribution is -2.48. The zero-order chi connectivity index (χ0) is 31.1. The Balaban J connectivity index is 1.41. The molecule has 0 spiro atoms. The molecule has 1 amide bonds. The molecule has 1 heterocycles. The number of nitrogens with zero attached hydrogens (tertiary/aromatic N) is 2. The molecule has 2 atom stereocenters.